The Balaban J connectivity index is 2.04. The van der Waals surface area contributed by atoms with Crippen molar-refractivity contribution in [3.05, 3.63) is 69.7 Å². The van der Waals surface area contributed by atoms with Crippen LogP contribution in [0.2, 0.25) is 0 Å². The molecule has 1 fully saturated rings. The zero-order chi connectivity index (χ0) is 14.3. The van der Waals surface area contributed by atoms with E-state index in [4.69, 9.17) is 0 Å². The van der Waals surface area contributed by atoms with Crippen LogP contribution in [0.25, 0.3) is 0 Å². The Morgan fingerprint density at radius 3 is 2.30 bits per heavy atom. The minimum Gasteiger partial charge on any atom is -0.293 e. The van der Waals surface area contributed by atoms with Crippen LogP contribution in [0.3, 0.4) is 0 Å². The van der Waals surface area contributed by atoms with Gasteiger partial charge < -0.3 is 0 Å². The van der Waals surface area contributed by atoms with E-state index in [1.165, 1.54) is 0 Å². The molecule has 0 atom stereocenters. The summed E-state index contributed by atoms with van der Waals surface area (Å²) in [5.41, 5.74) is 0.0160. The van der Waals surface area contributed by atoms with Gasteiger partial charge in [0, 0.05) is 0 Å². The standard InChI is InChI=1S/C16H11BrF2O/c17-12-9-13(18)11(8-14(12)19)15(20)16(6-7-16)10-4-2-1-3-5-10/h1-5,8-9H,6-7H2. The number of halogens is 3. The molecule has 0 aliphatic heterocycles. The molecule has 102 valence electrons. The van der Waals surface area contributed by atoms with Crippen molar-refractivity contribution < 1.29 is 13.6 Å². The molecule has 4 heteroatoms. The number of hydrogen-bond acceptors (Lipinski definition) is 1. The number of ketones is 1. The summed E-state index contributed by atoms with van der Waals surface area (Å²) in [6.45, 7) is 0. The summed E-state index contributed by atoms with van der Waals surface area (Å²) in [7, 11) is 0. The molecule has 2 aromatic carbocycles. The first-order valence-electron chi connectivity index (χ1n) is 6.29. The molecule has 20 heavy (non-hydrogen) atoms. The molecule has 1 saturated carbocycles. The average Bonchev–Trinajstić information content (AvgIpc) is 3.25. The highest BCUT2D eigenvalue weighted by Crippen LogP contribution is 2.50. The first kappa shape index (κ1) is 13.4. The molecule has 3 rings (SSSR count). The number of carbonyl (C=O) groups excluding carboxylic acids is 1. The lowest BCUT2D eigenvalue weighted by Crippen LogP contribution is -2.22. The Morgan fingerprint density at radius 1 is 1.05 bits per heavy atom. The summed E-state index contributed by atoms with van der Waals surface area (Å²) in [6.07, 6.45) is 1.35. The van der Waals surface area contributed by atoms with E-state index in [2.05, 4.69) is 15.9 Å². The number of carbonyl (C=O) groups is 1. The molecule has 0 aromatic heterocycles. The molecule has 0 heterocycles. The van der Waals surface area contributed by atoms with Crippen molar-refractivity contribution in [2.24, 2.45) is 0 Å². The van der Waals surface area contributed by atoms with E-state index in [-0.39, 0.29) is 15.8 Å². The van der Waals surface area contributed by atoms with E-state index in [9.17, 15) is 13.6 Å². The second-order valence-corrected chi connectivity index (χ2v) is 5.88. The van der Waals surface area contributed by atoms with E-state index >= 15 is 0 Å². The van der Waals surface area contributed by atoms with Gasteiger partial charge in [-0.3, -0.25) is 4.79 Å². The van der Waals surface area contributed by atoms with Crippen LogP contribution in [0.5, 0.6) is 0 Å². The maximum absolute atomic E-state index is 13.9. The van der Waals surface area contributed by atoms with Gasteiger partial charge in [0.2, 0.25) is 0 Å². The minimum absolute atomic E-state index is 0.0242. The van der Waals surface area contributed by atoms with Crippen LogP contribution in [0.15, 0.2) is 46.9 Å². The third kappa shape index (κ3) is 2.08. The van der Waals surface area contributed by atoms with Crippen molar-refractivity contribution in [1.29, 1.82) is 0 Å². The summed E-state index contributed by atoms with van der Waals surface area (Å²) in [5, 5.41) is 0. The Labute approximate surface area is 123 Å². The molecule has 1 aliphatic rings. The zero-order valence-electron chi connectivity index (χ0n) is 10.5. The van der Waals surface area contributed by atoms with Crippen molar-refractivity contribution in [2.75, 3.05) is 0 Å². The largest absolute Gasteiger partial charge is 0.293 e. The topological polar surface area (TPSA) is 17.1 Å². The molecule has 2 aromatic rings. The second kappa shape index (κ2) is 4.77. The zero-order valence-corrected chi connectivity index (χ0v) is 12.1. The van der Waals surface area contributed by atoms with Crippen molar-refractivity contribution in [3.8, 4) is 0 Å². The van der Waals surface area contributed by atoms with Crippen LogP contribution in [0.4, 0.5) is 8.78 Å². The van der Waals surface area contributed by atoms with Gasteiger partial charge >= 0.3 is 0 Å². The van der Waals surface area contributed by atoms with Gasteiger partial charge in [0.05, 0.1) is 15.5 Å². The highest BCUT2D eigenvalue weighted by atomic mass is 79.9. The van der Waals surface area contributed by atoms with E-state index in [0.29, 0.717) is 12.8 Å². The van der Waals surface area contributed by atoms with Crippen LogP contribution in [0.1, 0.15) is 28.8 Å². The van der Waals surface area contributed by atoms with Gasteiger partial charge in [-0.25, -0.2) is 8.78 Å². The average molecular weight is 337 g/mol. The van der Waals surface area contributed by atoms with Gasteiger partial charge in [-0.2, -0.15) is 0 Å². The normalized spacial score (nSPS) is 15.9. The van der Waals surface area contributed by atoms with Crippen LogP contribution < -0.4 is 0 Å². The van der Waals surface area contributed by atoms with Crippen LogP contribution >= 0.6 is 15.9 Å². The number of rotatable bonds is 3. The number of benzene rings is 2. The summed E-state index contributed by atoms with van der Waals surface area (Å²) < 4.78 is 27.5. The third-order valence-corrected chi connectivity index (χ3v) is 4.37. The predicted molar refractivity (Wildman–Crippen MR) is 75.7 cm³/mol. The molecular weight excluding hydrogens is 326 g/mol. The fourth-order valence-corrected chi connectivity index (χ4v) is 2.80. The Hall–Kier alpha value is -1.55. The third-order valence-electron chi connectivity index (χ3n) is 3.77. The fraction of sp³-hybridized carbons (Fsp3) is 0.188. The smallest absolute Gasteiger partial charge is 0.176 e. The number of Topliss-reactive ketones (excluding diaryl/α,β-unsaturated/α-hetero) is 1. The lowest BCUT2D eigenvalue weighted by molar-refractivity contribution is 0.0941. The Morgan fingerprint density at radius 2 is 1.70 bits per heavy atom. The fourth-order valence-electron chi connectivity index (χ4n) is 2.48. The van der Waals surface area contributed by atoms with Gasteiger partial charge in [0.1, 0.15) is 11.6 Å². The lowest BCUT2D eigenvalue weighted by Gasteiger charge is -2.15. The van der Waals surface area contributed by atoms with Gasteiger partial charge in [0.25, 0.3) is 0 Å². The van der Waals surface area contributed by atoms with Crippen LogP contribution in [-0.2, 0) is 5.41 Å². The molecule has 0 amide bonds. The quantitative estimate of drug-likeness (QED) is 0.589. The number of hydrogen-bond donors (Lipinski definition) is 0. The molecule has 1 aliphatic carbocycles. The highest BCUT2D eigenvalue weighted by Gasteiger charge is 2.51. The van der Waals surface area contributed by atoms with E-state index in [0.717, 1.165) is 17.7 Å². The van der Waals surface area contributed by atoms with E-state index in [1.54, 1.807) is 0 Å². The minimum atomic E-state index is -0.689. The van der Waals surface area contributed by atoms with Crippen LogP contribution in [-0.4, -0.2) is 5.78 Å². The first-order valence-corrected chi connectivity index (χ1v) is 7.09. The monoisotopic (exact) mass is 336 g/mol. The molecule has 0 radical (unpaired) electrons. The highest BCUT2D eigenvalue weighted by molar-refractivity contribution is 9.10. The van der Waals surface area contributed by atoms with Crippen molar-refractivity contribution in [3.63, 3.8) is 0 Å². The lowest BCUT2D eigenvalue weighted by atomic mass is 9.87. The molecule has 0 saturated heterocycles. The van der Waals surface area contributed by atoms with Gasteiger partial charge in [0.15, 0.2) is 5.78 Å². The SMILES string of the molecule is O=C(c1cc(F)c(Br)cc1F)C1(c2ccccc2)CC1. The summed E-state index contributed by atoms with van der Waals surface area (Å²) in [6, 6.07) is 11.3. The van der Waals surface area contributed by atoms with E-state index in [1.807, 2.05) is 30.3 Å². The molecule has 0 bridgehead atoms. The maximum Gasteiger partial charge on any atom is 0.176 e. The predicted octanol–water partition coefficient (Wildman–Crippen LogP) is 4.64. The first-order chi connectivity index (χ1) is 9.54. The van der Waals surface area contributed by atoms with Crippen LogP contribution in [0, 0.1) is 11.6 Å². The van der Waals surface area contributed by atoms with Gasteiger partial charge in [-0.05, 0) is 46.5 Å². The molecule has 0 N–H and O–H groups in total. The summed E-state index contributed by atoms with van der Waals surface area (Å²) in [5.74, 6) is -1.66. The van der Waals surface area contributed by atoms with Gasteiger partial charge in [-0.15, -0.1) is 0 Å². The second-order valence-electron chi connectivity index (χ2n) is 5.02. The van der Waals surface area contributed by atoms with Crippen molar-refractivity contribution >= 4 is 21.7 Å². The Kier molecular flexibility index (Phi) is 3.21. The molecular formula is C16H11BrF2O. The summed E-state index contributed by atoms with van der Waals surface area (Å²) in [4.78, 5) is 12.6. The summed E-state index contributed by atoms with van der Waals surface area (Å²) >= 11 is 2.91. The molecule has 0 unspecified atom stereocenters. The molecule has 1 nitrogen and oxygen atoms in total. The van der Waals surface area contributed by atoms with Crippen molar-refractivity contribution in [2.45, 2.75) is 18.3 Å². The van der Waals surface area contributed by atoms with E-state index < -0.39 is 17.0 Å². The molecule has 0 spiro atoms. The van der Waals surface area contributed by atoms with Gasteiger partial charge in [-0.1, -0.05) is 30.3 Å². The Bertz CT molecular complexity index is 678. The maximum atomic E-state index is 13.9. The van der Waals surface area contributed by atoms with Crippen molar-refractivity contribution in [1.82, 2.24) is 0 Å².